The van der Waals surface area contributed by atoms with Crippen LogP contribution in [0.15, 0.2) is 24.3 Å². The van der Waals surface area contributed by atoms with E-state index in [0.717, 1.165) is 4.90 Å². The van der Waals surface area contributed by atoms with E-state index < -0.39 is 17.9 Å². The van der Waals surface area contributed by atoms with Crippen molar-refractivity contribution in [1.29, 1.82) is 0 Å². The van der Waals surface area contributed by atoms with Gasteiger partial charge in [-0.05, 0) is 18.1 Å². The Kier molecular flexibility index (Phi) is 11.8. The van der Waals surface area contributed by atoms with Gasteiger partial charge in [0.05, 0.1) is 77.2 Å². The van der Waals surface area contributed by atoms with Crippen LogP contribution in [0, 0.1) is 5.92 Å². The van der Waals surface area contributed by atoms with E-state index in [2.05, 4.69) is 0 Å². The lowest BCUT2D eigenvalue weighted by Gasteiger charge is -2.34. The molecule has 0 aromatic heterocycles. The second-order valence-electron chi connectivity index (χ2n) is 8.74. The quantitative estimate of drug-likeness (QED) is 0.568. The summed E-state index contributed by atoms with van der Waals surface area (Å²) in [5.74, 6) is -1.37. The second kappa shape index (κ2) is 15.0. The van der Waals surface area contributed by atoms with Gasteiger partial charge in [-0.15, -0.1) is 0 Å². The average Bonchev–Trinajstić information content (AvgIpc) is 3.14. The SMILES string of the molecule is CC[C@@H](C)[C@H](C(=O)N1CCOCCOCCOCCOCCOCC1)N1C(=O)c2ccccc2C1=O. The van der Waals surface area contributed by atoms with Crippen LogP contribution in [0.25, 0.3) is 0 Å². The molecule has 0 aliphatic carbocycles. The minimum atomic E-state index is -0.910. The Labute approximate surface area is 212 Å². The molecular formula is C26H38N2O8. The van der Waals surface area contributed by atoms with Gasteiger partial charge in [-0.1, -0.05) is 32.4 Å². The fourth-order valence-electron chi connectivity index (χ4n) is 4.14. The number of rotatable bonds is 4. The largest absolute Gasteiger partial charge is 0.377 e. The molecule has 3 amide bonds. The summed E-state index contributed by atoms with van der Waals surface area (Å²) in [4.78, 5) is 43.0. The number of fused-ring (bicyclic) bond motifs is 1. The molecule has 10 nitrogen and oxygen atoms in total. The Hall–Kier alpha value is -2.37. The van der Waals surface area contributed by atoms with Crippen LogP contribution in [0.1, 0.15) is 41.0 Å². The van der Waals surface area contributed by atoms with Crippen LogP contribution >= 0.6 is 0 Å². The number of carbonyl (C=O) groups excluding carboxylic acids is 3. The summed E-state index contributed by atoms with van der Waals surface area (Å²) < 4.78 is 27.7. The van der Waals surface area contributed by atoms with E-state index in [1.165, 1.54) is 0 Å². The molecule has 1 aromatic rings. The van der Waals surface area contributed by atoms with Crippen molar-refractivity contribution in [2.75, 3.05) is 79.2 Å². The van der Waals surface area contributed by atoms with Crippen LogP contribution in [-0.4, -0.2) is 113 Å². The van der Waals surface area contributed by atoms with Crippen molar-refractivity contribution >= 4 is 17.7 Å². The summed E-state index contributed by atoms with van der Waals surface area (Å²) in [6.45, 7) is 8.53. The van der Waals surface area contributed by atoms with Crippen LogP contribution in [0.4, 0.5) is 0 Å². The topological polar surface area (TPSA) is 104 Å². The Bertz CT molecular complexity index is 811. The lowest BCUT2D eigenvalue weighted by molar-refractivity contribution is -0.139. The number of nitrogens with zero attached hydrogens (tertiary/aromatic N) is 2. The molecule has 2 heterocycles. The summed E-state index contributed by atoms with van der Waals surface area (Å²) in [5.41, 5.74) is 0.667. The van der Waals surface area contributed by atoms with Gasteiger partial charge in [0, 0.05) is 13.1 Å². The normalized spacial score (nSPS) is 21.4. The molecule has 0 saturated carbocycles. The highest BCUT2D eigenvalue weighted by molar-refractivity contribution is 6.22. The van der Waals surface area contributed by atoms with Gasteiger partial charge in [-0.2, -0.15) is 0 Å². The molecule has 1 aromatic carbocycles. The summed E-state index contributed by atoms with van der Waals surface area (Å²) >= 11 is 0. The molecule has 0 radical (unpaired) electrons. The van der Waals surface area contributed by atoms with E-state index in [1.807, 2.05) is 13.8 Å². The first-order valence-corrected chi connectivity index (χ1v) is 12.7. The van der Waals surface area contributed by atoms with Crippen LogP contribution < -0.4 is 0 Å². The monoisotopic (exact) mass is 506 g/mol. The first-order valence-electron chi connectivity index (χ1n) is 12.7. The van der Waals surface area contributed by atoms with Crippen LogP contribution in [-0.2, 0) is 28.5 Å². The maximum Gasteiger partial charge on any atom is 0.262 e. The maximum atomic E-state index is 13.9. The van der Waals surface area contributed by atoms with Crippen molar-refractivity contribution in [2.45, 2.75) is 26.3 Å². The van der Waals surface area contributed by atoms with Crippen LogP contribution in [0.5, 0.6) is 0 Å². The highest BCUT2D eigenvalue weighted by atomic mass is 16.6. The Balaban J connectivity index is 1.71. The molecule has 0 unspecified atom stereocenters. The highest BCUT2D eigenvalue weighted by Gasteiger charge is 2.45. The molecule has 0 N–H and O–H groups in total. The summed E-state index contributed by atoms with van der Waals surface area (Å²) in [6, 6.07) is 5.78. The first-order chi connectivity index (χ1) is 17.6. The highest BCUT2D eigenvalue weighted by Crippen LogP contribution is 2.29. The average molecular weight is 507 g/mol. The van der Waals surface area contributed by atoms with E-state index in [0.29, 0.717) is 96.7 Å². The predicted molar refractivity (Wildman–Crippen MR) is 131 cm³/mol. The number of hydrogen-bond acceptors (Lipinski definition) is 8. The zero-order chi connectivity index (χ0) is 25.8. The molecule has 200 valence electrons. The van der Waals surface area contributed by atoms with Crippen LogP contribution in [0.3, 0.4) is 0 Å². The fraction of sp³-hybridized carbons (Fsp3) is 0.654. The molecule has 10 heteroatoms. The third kappa shape index (κ3) is 7.57. The minimum Gasteiger partial charge on any atom is -0.377 e. The fourth-order valence-corrected chi connectivity index (χ4v) is 4.14. The van der Waals surface area contributed by atoms with Gasteiger partial charge >= 0.3 is 0 Å². The second-order valence-corrected chi connectivity index (χ2v) is 8.74. The standard InChI is InChI=1S/C26H38N2O8/c1-3-20(2)23(28-24(29)21-6-4-5-7-22(21)25(28)30)26(31)27-8-10-32-12-14-34-16-18-36-19-17-35-15-13-33-11-9-27/h4-7,20,23H,3,8-19H2,1-2H3/t20-,23-/m1/s1. The lowest BCUT2D eigenvalue weighted by atomic mass is 9.96. The molecule has 2 atom stereocenters. The van der Waals surface area contributed by atoms with Crippen molar-refractivity contribution in [1.82, 2.24) is 9.80 Å². The molecule has 1 fully saturated rings. The van der Waals surface area contributed by atoms with Gasteiger partial charge in [0.25, 0.3) is 11.8 Å². The number of amides is 3. The Morgan fingerprint density at radius 3 is 1.53 bits per heavy atom. The van der Waals surface area contributed by atoms with Gasteiger partial charge < -0.3 is 28.6 Å². The van der Waals surface area contributed by atoms with E-state index in [9.17, 15) is 14.4 Å². The third-order valence-electron chi connectivity index (χ3n) is 6.35. The summed E-state index contributed by atoms with van der Waals surface area (Å²) in [5, 5.41) is 0. The number of carbonyl (C=O) groups is 3. The molecule has 0 bridgehead atoms. The lowest BCUT2D eigenvalue weighted by Crippen LogP contribution is -2.55. The minimum absolute atomic E-state index is 0.224. The summed E-state index contributed by atoms with van der Waals surface area (Å²) in [7, 11) is 0. The van der Waals surface area contributed by atoms with E-state index >= 15 is 0 Å². The molecule has 2 aliphatic heterocycles. The van der Waals surface area contributed by atoms with Crippen molar-refractivity contribution in [2.24, 2.45) is 5.92 Å². The molecular weight excluding hydrogens is 468 g/mol. The van der Waals surface area contributed by atoms with Gasteiger partial charge in [-0.25, -0.2) is 0 Å². The molecule has 2 aliphatic rings. The van der Waals surface area contributed by atoms with Crippen molar-refractivity contribution in [3.8, 4) is 0 Å². The van der Waals surface area contributed by atoms with Crippen molar-refractivity contribution in [3.63, 3.8) is 0 Å². The van der Waals surface area contributed by atoms with Gasteiger partial charge in [-0.3, -0.25) is 19.3 Å². The molecule has 1 saturated heterocycles. The van der Waals surface area contributed by atoms with Gasteiger partial charge in [0.2, 0.25) is 5.91 Å². The van der Waals surface area contributed by atoms with E-state index in [4.69, 9.17) is 23.7 Å². The molecule has 0 spiro atoms. The predicted octanol–water partition coefficient (Wildman–Crippen LogP) is 1.62. The third-order valence-corrected chi connectivity index (χ3v) is 6.35. The first kappa shape index (κ1) is 28.2. The molecule has 3 rings (SSSR count). The van der Waals surface area contributed by atoms with E-state index in [1.54, 1.807) is 29.2 Å². The smallest absolute Gasteiger partial charge is 0.262 e. The van der Waals surface area contributed by atoms with Crippen molar-refractivity contribution in [3.05, 3.63) is 35.4 Å². The van der Waals surface area contributed by atoms with Crippen LogP contribution in [0.2, 0.25) is 0 Å². The molecule has 36 heavy (non-hydrogen) atoms. The Morgan fingerprint density at radius 2 is 1.14 bits per heavy atom. The van der Waals surface area contributed by atoms with Gasteiger partial charge in [0.1, 0.15) is 6.04 Å². The summed E-state index contributed by atoms with van der Waals surface area (Å²) in [6.07, 6.45) is 0.628. The van der Waals surface area contributed by atoms with E-state index in [-0.39, 0.29) is 11.8 Å². The number of hydrogen-bond donors (Lipinski definition) is 0. The van der Waals surface area contributed by atoms with Crippen molar-refractivity contribution < 1.29 is 38.1 Å². The van der Waals surface area contributed by atoms with Gasteiger partial charge in [0.15, 0.2) is 0 Å². The maximum absolute atomic E-state index is 13.9. The Morgan fingerprint density at radius 1 is 0.750 bits per heavy atom. The zero-order valence-corrected chi connectivity index (χ0v) is 21.3. The number of benzene rings is 1. The number of ether oxygens (including phenoxy) is 5. The number of imide groups is 1. The zero-order valence-electron chi connectivity index (χ0n) is 21.3.